The summed E-state index contributed by atoms with van der Waals surface area (Å²) in [7, 11) is 1.91. The van der Waals surface area contributed by atoms with Gasteiger partial charge < -0.3 is 10.6 Å². The number of halogens is 1. The molecule has 0 radical (unpaired) electrons. The van der Waals surface area contributed by atoms with E-state index in [4.69, 9.17) is 22.6 Å². The molecule has 2 N–H and O–H groups in total. The Labute approximate surface area is 123 Å². The molecule has 2 rings (SSSR count). The van der Waals surface area contributed by atoms with Gasteiger partial charge in [0.05, 0.1) is 11.7 Å². The van der Waals surface area contributed by atoms with E-state index in [2.05, 4.69) is 4.98 Å². The summed E-state index contributed by atoms with van der Waals surface area (Å²) in [6.07, 6.45) is 0. The van der Waals surface area contributed by atoms with E-state index in [0.29, 0.717) is 16.5 Å². The second-order valence-corrected chi connectivity index (χ2v) is 4.93. The zero-order chi connectivity index (χ0) is 14.7. The maximum atomic E-state index is 8.99. The van der Waals surface area contributed by atoms with E-state index in [9.17, 15) is 0 Å². The number of hydrogen-bond acceptors (Lipinski definition) is 4. The summed E-state index contributed by atoms with van der Waals surface area (Å²) in [5.41, 5.74) is 7.32. The van der Waals surface area contributed by atoms with Gasteiger partial charge in [-0.25, -0.2) is 4.98 Å². The Morgan fingerprint density at radius 2 is 2.00 bits per heavy atom. The molecule has 0 fully saturated rings. The number of rotatable bonds is 3. The van der Waals surface area contributed by atoms with E-state index < -0.39 is 0 Å². The molecule has 4 nitrogen and oxygen atoms in total. The van der Waals surface area contributed by atoms with Crippen molar-refractivity contribution in [3.05, 3.63) is 52.7 Å². The fourth-order valence-electron chi connectivity index (χ4n) is 1.97. The van der Waals surface area contributed by atoms with Gasteiger partial charge >= 0.3 is 0 Å². The number of nitrogens with zero attached hydrogens (tertiary/aromatic N) is 3. The van der Waals surface area contributed by atoms with Crippen molar-refractivity contribution in [3.63, 3.8) is 0 Å². The molecule has 1 aromatic carbocycles. The first kappa shape index (κ1) is 14.2. The van der Waals surface area contributed by atoms with E-state index in [1.165, 1.54) is 0 Å². The van der Waals surface area contributed by atoms with E-state index in [1.54, 1.807) is 12.1 Å². The molecule has 102 valence electrons. The number of aromatic nitrogens is 1. The maximum absolute atomic E-state index is 8.99. The summed E-state index contributed by atoms with van der Waals surface area (Å²) in [4.78, 5) is 6.22. The Morgan fingerprint density at radius 3 is 2.65 bits per heavy atom. The van der Waals surface area contributed by atoms with E-state index >= 15 is 0 Å². The standard InChI is InChI=1S/C15H15ClN4/c1-10(11-5-3-4-6-12(11)16)20(2)15-8-7-13(18)14(9-17)19-15/h3-8,10H,18H2,1-2H3. The largest absolute Gasteiger partial charge is 0.396 e. The Morgan fingerprint density at radius 1 is 1.30 bits per heavy atom. The molecule has 2 aromatic rings. The minimum atomic E-state index is 0.0337. The number of benzene rings is 1. The van der Waals surface area contributed by atoms with Gasteiger partial charge in [-0.2, -0.15) is 5.26 Å². The highest BCUT2D eigenvalue weighted by Crippen LogP contribution is 2.29. The molecule has 1 heterocycles. The number of nitrogen functional groups attached to an aromatic ring is 1. The van der Waals surface area contributed by atoms with Crippen molar-refractivity contribution in [2.24, 2.45) is 0 Å². The zero-order valence-electron chi connectivity index (χ0n) is 11.3. The molecule has 20 heavy (non-hydrogen) atoms. The van der Waals surface area contributed by atoms with E-state index in [1.807, 2.05) is 49.2 Å². The Bertz CT molecular complexity index is 663. The van der Waals surface area contributed by atoms with Crippen LogP contribution in [-0.2, 0) is 0 Å². The predicted molar refractivity (Wildman–Crippen MR) is 81.6 cm³/mol. The molecule has 0 saturated heterocycles. The van der Waals surface area contributed by atoms with Gasteiger partial charge in [-0.3, -0.25) is 0 Å². The fourth-order valence-corrected chi connectivity index (χ4v) is 2.26. The SMILES string of the molecule is CC(c1ccccc1Cl)N(C)c1ccc(N)c(C#N)n1. The summed E-state index contributed by atoms with van der Waals surface area (Å²) in [5.74, 6) is 0.683. The molecule has 0 amide bonds. The highest BCUT2D eigenvalue weighted by Gasteiger charge is 2.16. The molecule has 0 aliphatic carbocycles. The van der Waals surface area contributed by atoms with Crippen LogP contribution >= 0.6 is 11.6 Å². The molecule has 0 spiro atoms. The lowest BCUT2D eigenvalue weighted by atomic mass is 10.1. The van der Waals surface area contributed by atoms with Crippen LogP contribution in [0.2, 0.25) is 5.02 Å². The monoisotopic (exact) mass is 286 g/mol. The van der Waals surface area contributed by atoms with Crippen LogP contribution in [0.3, 0.4) is 0 Å². The molecule has 0 bridgehead atoms. The van der Waals surface area contributed by atoms with Gasteiger partial charge in [-0.1, -0.05) is 29.8 Å². The van der Waals surface area contributed by atoms with Gasteiger partial charge in [0.1, 0.15) is 11.9 Å². The topological polar surface area (TPSA) is 65.9 Å². The van der Waals surface area contributed by atoms with Gasteiger partial charge in [0, 0.05) is 12.1 Å². The minimum Gasteiger partial charge on any atom is -0.396 e. The van der Waals surface area contributed by atoms with Crippen LogP contribution in [-0.4, -0.2) is 12.0 Å². The van der Waals surface area contributed by atoms with Crippen LogP contribution in [0.5, 0.6) is 0 Å². The molecule has 0 aliphatic heterocycles. The first-order chi connectivity index (χ1) is 9.54. The second-order valence-electron chi connectivity index (χ2n) is 4.53. The quantitative estimate of drug-likeness (QED) is 0.939. The van der Waals surface area contributed by atoms with E-state index in [-0.39, 0.29) is 11.7 Å². The summed E-state index contributed by atoms with van der Waals surface area (Å²) in [5, 5.41) is 9.70. The van der Waals surface area contributed by atoms with E-state index in [0.717, 1.165) is 5.56 Å². The van der Waals surface area contributed by atoms with Crippen LogP contribution in [0.1, 0.15) is 24.2 Å². The lowest BCUT2D eigenvalue weighted by Crippen LogP contribution is -2.23. The number of nitrogens with two attached hydrogens (primary N) is 1. The Balaban J connectivity index is 2.34. The predicted octanol–water partition coefficient (Wildman–Crippen LogP) is 3.39. The molecule has 5 heteroatoms. The van der Waals surface area contributed by atoms with Gasteiger partial charge in [0.15, 0.2) is 5.69 Å². The van der Waals surface area contributed by atoms with Crippen LogP contribution in [0, 0.1) is 11.3 Å². The maximum Gasteiger partial charge on any atom is 0.165 e. The average Bonchev–Trinajstić information content (AvgIpc) is 2.47. The van der Waals surface area contributed by atoms with Crippen molar-refractivity contribution >= 4 is 23.1 Å². The third-order valence-electron chi connectivity index (χ3n) is 3.32. The fraction of sp³-hybridized carbons (Fsp3) is 0.200. The Kier molecular flexibility index (Phi) is 4.11. The number of hydrogen-bond donors (Lipinski definition) is 1. The number of pyridine rings is 1. The highest BCUT2D eigenvalue weighted by atomic mass is 35.5. The summed E-state index contributed by atoms with van der Waals surface area (Å²) < 4.78 is 0. The smallest absolute Gasteiger partial charge is 0.165 e. The van der Waals surface area contributed by atoms with Crippen LogP contribution in [0.4, 0.5) is 11.5 Å². The summed E-state index contributed by atoms with van der Waals surface area (Å²) >= 11 is 6.22. The molecule has 0 saturated carbocycles. The zero-order valence-corrected chi connectivity index (χ0v) is 12.1. The number of nitriles is 1. The van der Waals surface area contributed by atoms with Gasteiger partial charge in [-0.05, 0) is 30.7 Å². The van der Waals surface area contributed by atoms with Crippen molar-refractivity contribution in [3.8, 4) is 6.07 Å². The molecular formula is C15H15ClN4. The van der Waals surface area contributed by atoms with Crippen LogP contribution in [0.15, 0.2) is 36.4 Å². The molecule has 1 unspecified atom stereocenters. The molecular weight excluding hydrogens is 272 g/mol. The summed E-state index contributed by atoms with van der Waals surface area (Å²) in [6, 6.07) is 13.2. The van der Waals surface area contributed by atoms with Gasteiger partial charge in [0.2, 0.25) is 0 Å². The lowest BCUT2D eigenvalue weighted by molar-refractivity contribution is 0.728. The summed E-state index contributed by atoms with van der Waals surface area (Å²) in [6.45, 7) is 2.03. The van der Waals surface area contributed by atoms with Gasteiger partial charge in [0.25, 0.3) is 0 Å². The molecule has 0 aliphatic rings. The second kappa shape index (κ2) is 5.81. The number of anilines is 2. The molecule has 1 aromatic heterocycles. The minimum absolute atomic E-state index is 0.0337. The normalized spacial score (nSPS) is 11.7. The third kappa shape index (κ3) is 2.68. The van der Waals surface area contributed by atoms with Crippen molar-refractivity contribution in [1.82, 2.24) is 4.98 Å². The lowest BCUT2D eigenvalue weighted by Gasteiger charge is -2.27. The van der Waals surface area contributed by atoms with Crippen molar-refractivity contribution < 1.29 is 0 Å². The van der Waals surface area contributed by atoms with Crippen molar-refractivity contribution in [2.75, 3.05) is 17.7 Å². The van der Waals surface area contributed by atoms with Crippen LogP contribution < -0.4 is 10.6 Å². The average molecular weight is 287 g/mol. The first-order valence-electron chi connectivity index (χ1n) is 6.18. The highest BCUT2D eigenvalue weighted by molar-refractivity contribution is 6.31. The van der Waals surface area contributed by atoms with Crippen molar-refractivity contribution in [1.29, 1.82) is 5.26 Å². The van der Waals surface area contributed by atoms with Crippen LogP contribution in [0.25, 0.3) is 0 Å². The molecule has 1 atom stereocenters. The first-order valence-corrected chi connectivity index (χ1v) is 6.56. The van der Waals surface area contributed by atoms with Crippen molar-refractivity contribution in [2.45, 2.75) is 13.0 Å². The van der Waals surface area contributed by atoms with Gasteiger partial charge in [-0.15, -0.1) is 0 Å². The third-order valence-corrected chi connectivity index (χ3v) is 3.66. The Hall–Kier alpha value is -2.25.